The van der Waals surface area contributed by atoms with E-state index in [2.05, 4.69) is 20.1 Å². The zero-order valence-electron chi connectivity index (χ0n) is 18.0. The summed E-state index contributed by atoms with van der Waals surface area (Å²) >= 11 is 0. The van der Waals surface area contributed by atoms with Gasteiger partial charge in [-0.25, -0.2) is 0 Å². The van der Waals surface area contributed by atoms with Gasteiger partial charge >= 0.3 is 0 Å². The first-order valence-corrected chi connectivity index (χ1v) is 11.3. The number of anilines is 1. The smallest absolute Gasteiger partial charge is 0.257 e. The summed E-state index contributed by atoms with van der Waals surface area (Å²) in [7, 11) is 0. The van der Waals surface area contributed by atoms with Crippen LogP contribution in [0.3, 0.4) is 0 Å². The maximum Gasteiger partial charge on any atom is 0.257 e. The number of carbonyl (C=O) groups excluding carboxylic acids is 2. The zero-order chi connectivity index (χ0) is 21.9. The van der Waals surface area contributed by atoms with Crippen molar-refractivity contribution in [2.45, 2.75) is 45.1 Å². The Morgan fingerprint density at radius 2 is 1.88 bits per heavy atom. The topological polar surface area (TPSA) is 93.3 Å². The van der Waals surface area contributed by atoms with Crippen LogP contribution in [0.4, 0.5) is 5.69 Å². The third-order valence-electron chi connectivity index (χ3n) is 6.37. The van der Waals surface area contributed by atoms with E-state index >= 15 is 0 Å². The summed E-state index contributed by atoms with van der Waals surface area (Å²) in [6, 6.07) is 9.42. The molecule has 4 heterocycles. The summed E-state index contributed by atoms with van der Waals surface area (Å²) in [6.45, 7) is 2.02. The molecule has 1 saturated heterocycles. The number of fused-ring (bicyclic) bond motifs is 1. The van der Waals surface area contributed by atoms with E-state index in [1.54, 1.807) is 11.0 Å². The Kier molecular flexibility index (Phi) is 5.75. The van der Waals surface area contributed by atoms with Gasteiger partial charge in [0.2, 0.25) is 5.91 Å². The molecule has 0 bridgehead atoms. The van der Waals surface area contributed by atoms with Crippen LogP contribution in [-0.4, -0.2) is 44.6 Å². The quantitative estimate of drug-likeness (QED) is 0.676. The Labute approximate surface area is 186 Å². The molecule has 0 unspecified atom stereocenters. The van der Waals surface area contributed by atoms with Crippen LogP contribution in [0, 0.1) is 5.92 Å². The molecule has 1 atom stereocenters. The highest BCUT2D eigenvalue weighted by Crippen LogP contribution is 2.25. The fourth-order valence-corrected chi connectivity index (χ4v) is 4.59. The third-order valence-corrected chi connectivity index (χ3v) is 6.37. The lowest BCUT2D eigenvalue weighted by atomic mass is 9.96. The first kappa shape index (κ1) is 20.5. The van der Waals surface area contributed by atoms with Gasteiger partial charge in [-0.1, -0.05) is 6.42 Å². The molecule has 32 heavy (non-hydrogen) atoms. The number of likely N-dealkylation sites (tertiary alicyclic amines) is 1. The maximum atomic E-state index is 12.9. The molecule has 0 spiro atoms. The van der Waals surface area contributed by atoms with E-state index in [-0.39, 0.29) is 17.7 Å². The van der Waals surface area contributed by atoms with Crippen molar-refractivity contribution < 1.29 is 14.0 Å². The van der Waals surface area contributed by atoms with Gasteiger partial charge < -0.3 is 19.2 Å². The molecule has 1 fully saturated rings. The van der Waals surface area contributed by atoms with E-state index in [4.69, 9.17) is 4.42 Å². The third kappa shape index (κ3) is 4.17. The predicted octanol–water partition coefficient (Wildman–Crippen LogP) is 3.76. The molecule has 3 aromatic rings. The number of hydrogen-bond donors (Lipinski definition) is 1. The molecule has 1 aromatic carbocycles. The lowest BCUT2D eigenvalue weighted by Gasteiger charge is -2.31. The molecule has 0 radical (unpaired) electrons. The predicted molar refractivity (Wildman–Crippen MR) is 119 cm³/mol. The van der Waals surface area contributed by atoms with Gasteiger partial charge in [0.25, 0.3) is 5.91 Å². The molecule has 0 saturated carbocycles. The van der Waals surface area contributed by atoms with Crippen molar-refractivity contribution in [2.75, 3.05) is 18.4 Å². The van der Waals surface area contributed by atoms with Gasteiger partial charge in [0.05, 0.1) is 17.7 Å². The van der Waals surface area contributed by atoms with Crippen molar-refractivity contribution in [3.63, 3.8) is 0 Å². The average Bonchev–Trinajstić information content (AvgIpc) is 3.45. The number of piperidine rings is 1. The standard InChI is InChI=1S/C24H27N5O3/c30-23(18-5-4-12-28(15-18)24(31)19-11-14-32-16-19)25-20-9-7-17(8-10-20)22-27-26-21-6-2-1-3-13-29(21)22/h7-11,14,16,18H,1-6,12-13,15H2,(H,25,30)/t18-/m1/s1. The first-order chi connectivity index (χ1) is 15.7. The Morgan fingerprint density at radius 1 is 1.00 bits per heavy atom. The van der Waals surface area contributed by atoms with E-state index in [0.29, 0.717) is 18.7 Å². The van der Waals surface area contributed by atoms with Gasteiger partial charge in [-0.05, 0) is 56.0 Å². The van der Waals surface area contributed by atoms with Gasteiger partial charge in [-0.2, -0.15) is 0 Å². The Balaban J connectivity index is 1.23. The number of carbonyl (C=O) groups is 2. The summed E-state index contributed by atoms with van der Waals surface area (Å²) in [5, 5.41) is 11.8. The highest BCUT2D eigenvalue weighted by atomic mass is 16.3. The largest absolute Gasteiger partial charge is 0.472 e. The zero-order valence-corrected chi connectivity index (χ0v) is 18.0. The van der Waals surface area contributed by atoms with Crippen LogP contribution >= 0.6 is 0 Å². The number of rotatable bonds is 4. The van der Waals surface area contributed by atoms with Gasteiger partial charge in [-0.3, -0.25) is 9.59 Å². The minimum absolute atomic E-state index is 0.0567. The molecular weight excluding hydrogens is 406 g/mol. The van der Waals surface area contributed by atoms with E-state index < -0.39 is 0 Å². The molecule has 2 amide bonds. The SMILES string of the molecule is O=C(Nc1ccc(-c2nnc3n2CCCCC3)cc1)[C@@H]1CCCN(C(=O)c2ccoc2)C1. The minimum atomic E-state index is -0.230. The number of aryl methyl sites for hydroxylation is 1. The molecule has 2 aliphatic heterocycles. The number of hydrogen-bond acceptors (Lipinski definition) is 5. The highest BCUT2D eigenvalue weighted by molar-refractivity contribution is 5.96. The molecule has 0 aliphatic carbocycles. The molecule has 2 aliphatic rings. The number of furan rings is 1. The van der Waals surface area contributed by atoms with E-state index in [1.807, 2.05) is 24.3 Å². The highest BCUT2D eigenvalue weighted by Gasteiger charge is 2.29. The summed E-state index contributed by atoms with van der Waals surface area (Å²) in [5.41, 5.74) is 2.26. The van der Waals surface area contributed by atoms with Crippen LogP contribution < -0.4 is 5.32 Å². The number of nitrogens with zero attached hydrogens (tertiary/aromatic N) is 4. The van der Waals surface area contributed by atoms with Gasteiger partial charge in [0.15, 0.2) is 5.82 Å². The van der Waals surface area contributed by atoms with Crippen molar-refractivity contribution in [1.29, 1.82) is 0 Å². The van der Waals surface area contributed by atoms with Gasteiger partial charge in [0.1, 0.15) is 12.1 Å². The van der Waals surface area contributed by atoms with Crippen LogP contribution in [0.5, 0.6) is 0 Å². The molecule has 2 aromatic heterocycles. The Bertz CT molecular complexity index is 1090. The summed E-state index contributed by atoms with van der Waals surface area (Å²) in [4.78, 5) is 27.2. The average molecular weight is 434 g/mol. The monoisotopic (exact) mass is 433 g/mol. The molecule has 8 nitrogen and oxygen atoms in total. The van der Waals surface area contributed by atoms with Crippen molar-refractivity contribution in [1.82, 2.24) is 19.7 Å². The van der Waals surface area contributed by atoms with Crippen LogP contribution in [0.2, 0.25) is 0 Å². The molecule has 1 N–H and O–H groups in total. The summed E-state index contributed by atoms with van der Waals surface area (Å²) in [5.74, 6) is 1.57. The maximum absolute atomic E-state index is 12.9. The molecular formula is C24H27N5O3. The summed E-state index contributed by atoms with van der Waals surface area (Å²) < 4.78 is 7.23. The molecule has 8 heteroatoms. The van der Waals surface area contributed by atoms with E-state index in [0.717, 1.165) is 61.5 Å². The molecule has 5 rings (SSSR count). The first-order valence-electron chi connectivity index (χ1n) is 11.3. The summed E-state index contributed by atoms with van der Waals surface area (Å²) in [6.07, 6.45) is 9.01. The van der Waals surface area contributed by atoms with Gasteiger partial charge in [0, 0.05) is 37.3 Å². The van der Waals surface area contributed by atoms with Crippen molar-refractivity contribution in [3.05, 3.63) is 54.2 Å². The van der Waals surface area contributed by atoms with Crippen LogP contribution in [0.1, 0.15) is 48.3 Å². The Morgan fingerprint density at radius 3 is 2.69 bits per heavy atom. The minimum Gasteiger partial charge on any atom is -0.472 e. The van der Waals surface area contributed by atoms with E-state index in [9.17, 15) is 9.59 Å². The lowest BCUT2D eigenvalue weighted by molar-refractivity contribution is -0.121. The Hall–Kier alpha value is -3.42. The van der Waals surface area contributed by atoms with Crippen LogP contribution in [-0.2, 0) is 17.8 Å². The fourth-order valence-electron chi connectivity index (χ4n) is 4.59. The van der Waals surface area contributed by atoms with Crippen LogP contribution in [0.15, 0.2) is 47.3 Å². The second kappa shape index (κ2) is 8.98. The van der Waals surface area contributed by atoms with Crippen molar-refractivity contribution >= 4 is 17.5 Å². The number of nitrogens with one attached hydrogen (secondary N) is 1. The van der Waals surface area contributed by atoms with Crippen molar-refractivity contribution in [3.8, 4) is 11.4 Å². The van der Waals surface area contributed by atoms with Crippen LogP contribution in [0.25, 0.3) is 11.4 Å². The number of aromatic nitrogens is 3. The van der Waals surface area contributed by atoms with Gasteiger partial charge in [-0.15, -0.1) is 10.2 Å². The normalized spacial score (nSPS) is 18.6. The fraction of sp³-hybridized carbons (Fsp3) is 0.417. The number of amides is 2. The van der Waals surface area contributed by atoms with E-state index in [1.165, 1.54) is 18.9 Å². The molecule has 166 valence electrons. The second-order valence-electron chi connectivity index (χ2n) is 8.57. The second-order valence-corrected chi connectivity index (χ2v) is 8.57. The lowest BCUT2D eigenvalue weighted by Crippen LogP contribution is -2.43. The van der Waals surface area contributed by atoms with Crippen molar-refractivity contribution in [2.24, 2.45) is 5.92 Å². The number of benzene rings is 1.